The first-order chi connectivity index (χ1) is 9.58. The average molecular weight is 290 g/mol. The second-order valence-corrected chi connectivity index (χ2v) is 4.60. The number of hydrogen-bond acceptors (Lipinski definition) is 4. The van der Waals surface area contributed by atoms with Crippen molar-refractivity contribution in [3.05, 3.63) is 64.9 Å². The molecule has 0 aliphatic carbocycles. The molecule has 1 heterocycles. The molecule has 2 rings (SSSR count). The fourth-order valence-electron chi connectivity index (χ4n) is 1.61. The second-order valence-electron chi connectivity index (χ2n) is 4.16. The van der Waals surface area contributed by atoms with Crippen LogP contribution >= 0.6 is 11.6 Å². The summed E-state index contributed by atoms with van der Waals surface area (Å²) in [4.78, 5) is 27.7. The molecule has 0 unspecified atom stereocenters. The number of ether oxygens (including phenoxy) is 1. The number of hydrogen-bond donors (Lipinski definition) is 0. The lowest BCUT2D eigenvalue weighted by Gasteiger charge is -2.12. The molecule has 0 saturated carbocycles. The van der Waals surface area contributed by atoms with Crippen molar-refractivity contribution in [2.75, 3.05) is 0 Å². The predicted molar refractivity (Wildman–Crippen MR) is 74.9 cm³/mol. The minimum absolute atomic E-state index is 0.279. The van der Waals surface area contributed by atoms with Crippen LogP contribution in [0.3, 0.4) is 0 Å². The molecule has 4 nitrogen and oxygen atoms in total. The van der Waals surface area contributed by atoms with E-state index in [0.717, 1.165) is 0 Å². The van der Waals surface area contributed by atoms with Crippen molar-refractivity contribution < 1.29 is 14.3 Å². The molecule has 0 aliphatic rings. The first kappa shape index (κ1) is 14.2. The van der Waals surface area contributed by atoms with E-state index in [9.17, 15) is 9.59 Å². The van der Waals surface area contributed by atoms with Gasteiger partial charge in [-0.1, -0.05) is 11.6 Å². The molecule has 0 N–H and O–H groups in total. The standard InChI is InChI=1S/C15H12ClNO3/c1-10(14(18)11-4-6-13(16)7-5-11)20-15(19)12-3-2-8-17-9-12/h2-10H,1H3/t10-/m0/s1. The van der Waals surface area contributed by atoms with E-state index in [-0.39, 0.29) is 5.78 Å². The van der Waals surface area contributed by atoms with Gasteiger partial charge in [0.1, 0.15) is 0 Å². The van der Waals surface area contributed by atoms with E-state index in [4.69, 9.17) is 16.3 Å². The summed E-state index contributed by atoms with van der Waals surface area (Å²) in [5.74, 6) is -0.855. The van der Waals surface area contributed by atoms with Crippen LogP contribution in [-0.2, 0) is 4.74 Å². The quantitative estimate of drug-likeness (QED) is 0.641. The van der Waals surface area contributed by atoms with E-state index in [1.54, 1.807) is 42.6 Å². The van der Waals surface area contributed by atoms with Gasteiger partial charge in [0.05, 0.1) is 5.56 Å². The van der Waals surface area contributed by atoms with Crippen LogP contribution in [0, 0.1) is 0 Å². The first-order valence-corrected chi connectivity index (χ1v) is 6.36. The summed E-state index contributed by atoms with van der Waals surface area (Å²) in [6.45, 7) is 1.53. The normalized spacial score (nSPS) is 11.7. The van der Waals surface area contributed by atoms with Crippen molar-refractivity contribution in [1.82, 2.24) is 4.98 Å². The lowest BCUT2D eigenvalue weighted by atomic mass is 10.1. The van der Waals surface area contributed by atoms with Crippen LogP contribution in [0.25, 0.3) is 0 Å². The number of ketones is 1. The monoisotopic (exact) mass is 289 g/mol. The summed E-state index contributed by atoms with van der Waals surface area (Å²) in [6.07, 6.45) is 2.07. The highest BCUT2D eigenvalue weighted by molar-refractivity contribution is 6.30. The van der Waals surface area contributed by atoms with Crippen molar-refractivity contribution in [3.8, 4) is 0 Å². The maximum absolute atomic E-state index is 12.1. The topological polar surface area (TPSA) is 56.3 Å². The molecule has 5 heteroatoms. The van der Waals surface area contributed by atoms with Gasteiger partial charge in [-0.05, 0) is 43.3 Å². The molecule has 0 spiro atoms. The molecule has 0 saturated heterocycles. The van der Waals surface area contributed by atoms with Gasteiger partial charge < -0.3 is 4.74 Å². The Balaban J connectivity index is 2.05. The molecule has 1 atom stereocenters. The maximum atomic E-state index is 12.1. The number of carbonyl (C=O) groups is 2. The minimum atomic E-state index is -0.871. The molecule has 1 aromatic carbocycles. The highest BCUT2D eigenvalue weighted by atomic mass is 35.5. The van der Waals surface area contributed by atoms with Crippen LogP contribution in [0.4, 0.5) is 0 Å². The molecule has 0 amide bonds. The lowest BCUT2D eigenvalue weighted by molar-refractivity contribution is 0.0318. The molecule has 0 aliphatic heterocycles. The molecule has 1 aromatic heterocycles. The third-order valence-corrected chi connectivity index (χ3v) is 2.93. The Morgan fingerprint density at radius 2 is 1.85 bits per heavy atom. The van der Waals surface area contributed by atoms with Gasteiger partial charge in [0, 0.05) is 23.0 Å². The van der Waals surface area contributed by atoms with E-state index in [1.165, 1.54) is 13.1 Å². The number of nitrogens with zero attached hydrogens (tertiary/aromatic N) is 1. The molecular formula is C15H12ClNO3. The van der Waals surface area contributed by atoms with Crippen LogP contribution in [0.1, 0.15) is 27.6 Å². The van der Waals surface area contributed by atoms with Gasteiger partial charge in [-0.25, -0.2) is 4.79 Å². The van der Waals surface area contributed by atoms with E-state index in [2.05, 4.69) is 4.98 Å². The third kappa shape index (κ3) is 3.42. The van der Waals surface area contributed by atoms with Gasteiger partial charge in [-0.15, -0.1) is 0 Å². The van der Waals surface area contributed by atoms with Crippen LogP contribution in [0.5, 0.6) is 0 Å². The van der Waals surface area contributed by atoms with E-state index < -0.39 is 12.1 Å². The summed E-state index contributed by atoms with van der Waals surface area (Å²) < 4.78 is 5.12. The number of Topliss-reactive ketones (excluding diaryl/α,β-unsaturated/α-hetero) is 1. The Bertz CT molecular complexity index is 611. The number of halogens is 1. The number of benzene rings is 1. The largest absolute Gasteiger partial charge is 0.451 e. The zero-order valence-corrected chi connectivity index (χ0v) is 11.5. The number of carbonyl (C=O) groups excluding carboxylic acids is 2. The van der Waals surface area contributed by atoms with Gasteiger partial charge >= 0.3 is 5.97 Å². The second kappa shape index (κ2) is 6.30. The summed E-state index contributed by atoms with van der Waals surface area (Å²) in [6, 6.07) is 9.63. The Hall–Kier alpha value is -2.20. The molecule has 2 aromatic rings. The summed E-state index contributed by atoms with van der Waals surface area (Å²) in [7, 11) is 0. The number of pyridine rings is 1. The summed E-state index contributed by atoms with van der Waals surface area (Å²) in [5, 5.41) is 0.543. The highest BCUT2D eigenvalue weighted by Crippen LogP contribution is 2.13. The van der Waals surface area contributed by atoms with Crippen LogP contribution < -0.4 is 0 Å². The van der Waals surface area contributed by atoms with Crippen molar-refractivity contribution in [2.45, 2.75) is 13.0 Å². The SMILES string of the molecule is C[C@H](OC(=O)c1cccnc1)C(=O)c1ccc(Cl)cc1. The molecule has 0 radical (unpaired) electrons. The molecule has 102 valence electrons. The molecule has 20 heavy (non-hydrogen) atoms. The lowest BCUT2D eigenvalue weighted by Crippen LogP contribution is -2.24. The maximum Gasteiger partial charge on any atom is 0.340 e. The predicted octanol–water partition coefficient (Wildman–Crippen LogP) is 3.16. The van der Waals surface area contributed by atoms with Crippen molar-refractivity contribution in [3.63, 3.8) is 0 Å². The number of aromatic nitrogens is 1. The Kier molecular flexibility index (Phi) is 4.48. The van der Waals surface area contributed by atoms with Crippen molar-refractivity contribution >= 4 is 23.4 Å². The molecule has 0 fully saturated rings. The molecular weight excluding hydrogens is 278 g/mol. The Labute approximate surface area is 121 Å². The highest BCUT2D eigenvalue weighted by Gasteiger charge is 2.20. The summed E-state index contributed by atoms with van der Waals surface area (Å²) in [5.41, 5.74) is 0.754. The minimum Gasteiger partial charge on any atom is -0.451 e. The van der Waals surface area contributed by atoms with Gasteiger partial charge in [-0.3, -0.25) is 9.78 Å². The fourth-order valence-corrected chi connectivity index (χ4v) is 1.74. The zero-order chi connectivity index (χ0) is 14.5. The van der Waals surface area contributed by atoms with E-state index >= 15 is 0 Å². The first-order valence-electron chi connectivity index (χ1n) is 5.98. The van der Waals surface area contributed by atoms with Gasteiger partial charge in [0.25, 0.3) is 0 Å². The summed E-state index contributed by atoms with van der Waals surface area (Å²) >= 11 is 5.76. The van der Waals surface area contributed by atoms with Gasteiger partial charge in [0.15, 0.2) is 6.10 Å². The third-order valence-electron chi connectivity index (χ3n) is 2.68. The Morgan fingerprint density at radius 1 is 1.15 bits per heavy atom. The van der Waals surface area contributed by atoms with Crippen molar-refractivity contribution in [2.24, 2.45) is 0 Å². The van der Waals surface area contributed by atoms with Crippen molar-refractivity contribution in [1.29, 1.82) is 0 Å². The Morgan fingerprint density at radius 3 is 2.45 bits per heavy atom. The molecule has 0 bridgehead atoms. The van der Waals surface area contributed by atoms with Gasteiger partial charge in [-0.2, -0.15) is 0 Å². The van der Waals surface area contributed by atoms with E-state index in [1.807, 2.05) is 0 Å². The van der Waals surface area contributed by atoms with E-state index in [0.29, 0.717) is 16.1 Å². The zero-order valence-electron chi connectivity index (χ0n) is 10.7. The van der Waals surface area contributed by atoms with Crippen LogP contribution in [0.2, 0.25) is 5.02 Å². The fraction of sp³-hybridized carbons (Fsp3) is 0.133. The smallest absolute Gasteiger partial charge is 0.340 e. The van der Waals surface area contributed by atoms with Crippen LogP contribution in [-0.4, -0.2) is 22.8 Å². The number of esters is 1. The number of rotatable bonds is 4. The average Bonchev–Trinajstić information content (AvgIpc) is 2.48. The van der Waals surface area contributed by atoms with Gasteiger partial charge in [0.2, 0.25) is 5.78 Å². The van der Waals surface area contributed by atoms with Crippen LogP contribution in [0.15, 0.2) is 48.8 Å².